The van der Waals surface area contributed by atoms with E-state index >= 15 is 0 Å². The molecule has 2 amide bonds. The molecule has 0 aromatic heterocycles. The van der Waals surface area contributed by atoms with Gasteiger partial charge in [-0.05, 0) is 69.1 Å². The van der Waals surface area contributed by atoms with Crippen LogP contribution in [0, 0.1) is 5.92 Å². The molecule has 30 heavy (non-hydrogen) atoms. The normalized spacial score (nSPS) is 16.3. The van der Waals surface area contributed by atoms with Gasteiger partial charge in [0.1, 0.15) is 0 Å². The summed E-state index contributed by atoms with van der Waals surface area (Å²) in [5, 5.41) is 8.31. The summed E-state index contributed by atoms with van der Waals surface area (Å²) in [7, 11) is 0. The van der Waals surface area contributed by atoms with Crippen molar-refractivity contribution in [2.75, 3.05) is 38.2 Å². The second kappa shape index (κ2) is 11.1. The standard InChI is InChI=1S/C24H33N3O3/c1-3-30-16-6-13-25-24(29)20-11-14-27(15-12-20)18(2)23(28)26-22-10-9-19-7-4-5-8-21(19)17-22/h4-5,7-10,17-18,20H,3,6,11-16H2,1-2H3,(H,25,29)(H,26,28). The van der Waals surface area contributed by atoms with E-state index in [0.717, 1.165) is 48.8 Å². The van der Waals surface area contributed by atoms with Crippen LogP contribution in [0.25, 0.3) is 10.8 Å². The van der Waals surface area contributed by atoms with Crippen LogP contribution in [0.4, 0.5) is 5.69 Å². The Bertz CT molecular complexity index is 846. The molecule has 6 heteroatoms. The highest BCUT2D eigenvalue weighted by molar-refractivity contribution is 5.97. The summed E-state index contributed by atoms with van der Waals surface area (Å²) < 4.78 is 5.29. The number of nitrogens with one attached hydrogen (secondary N) is 2. The van der Waals surface area contributed by atoms with Crippen LogP contribution in [-0.2, 0) is 14.3 Å². The quantitative estimate of drug-likeness (QED) is 0.621. The molecule has 1 atom stereocenters. The molecule has 1 heterocycles. The SMILES string of the molecule is CCOCCCNC(=O)C1CCN(C(C)C(=O)Nc2ccc3ccccc3c2)CC1. The van der Waals surface area contributed by atoms with E-state index in [0.29, 0.717) is 19.8 Å². The molecule has 2 aromatic carbocycles. The largest absolute Gasteiger partial charge is 0.382 e. The molecule has 162 valence electrons. The first-order chi connectivity index (χ1) is 14.6. The van der Waals surface area contributed by atoms with E-state index in [9.17, 15) is 9.59 Å². The van der Waals surface area contributed by atoms with Crippen LogP contribution in [0.1, 0.15) is 33.1 Å². The van der Waals surface area contributed by atoms with Gasteiger partial charge in [-0.3, -0.25) is 14.5 Å². The highest BCUT2D eigenvalue weighted by atomic mass is 16.5. The van der Waals surface area contributed by atoms with Gasteiger partial charge in [-0.1, -0.05) is 30.3 Å². The second-order valence-electron chi connectivity index (χ2n) is 7.88. The summed E-state index contributed by atoms with van der Waals surface area (Å²) in [6.45, 7) is 7.45. The van der Waals surface area contributed by atoms with Crippen LogP contribution in [0.3, 0.4) is 0 Å². The number of anilines is 1. The molecule has 1 saturated heterocycles. The first-order valence-corrected chi connectivity index (χ1v) is 11.0. The van der Waals surface area contributed by atoms with Crippen molar-refractivity contribution in [3.05, 3.63) is 42.5 Å². The van der Waals surface area contributed by atoms with Crippen LogP contribution in [-0.4, -0.2) is 55.6 Å². The number of hydrogen-bond donors (Lipinski definition) is 2. The first-order valence-electron chi connectivity index (χ1n) is 11.0. The summed E-state index contributed by atoms with van der Waals surface area (Å²) in [5.41, 5.74) is 0.812. The van der Waals surface area contributed by atoms with Crippen LogP contribution in [0.2, 0.25) is 0 Å². The van der Waals surface area contributed by atoms with Crippen molar-refractivity contribution in [1.82, 2.24) is 10.2 Å². The fourth-order valence-corrected chi connectivity index (χ4v) is 3.90. The topological polar surface area (TPSA) is 70.7 Å². The predicted molar refractivity (Wildman–Crippen MR) is 120 cm³/mol. The van der Waals surface area contributed by atoms with Crippen molar-refractivity contribution in [3.63, 3.8) is 0 Å². The van der Waals surface area contributed by atoms with Gasteiger partial charge in [0.05, 0.1) is 6.04 Å². The van der Waals surface area contributed by atoms with Crippen molar-refractivity contribution in [3.8, 4) is 0 Å². The smallest absolute Gasteiger partial charge is 0.241 e. The predicted octanol–water partition coefficient (Wildman–Crippen LogP) is 3.42. The number of piperidine rings is 1. The number of fused-ring (bicyclic) bond motifs is 1. The Hall–Kier alpha value is -2.44. The van der Waals surface area contributed by atoms with Crippen LogP contribution < -0.4 is 10.6 Å². The molecule has 0 bridgehead atoms. The molecule has 0 radical (unpaired) electrons. The van der Waals surface area contributed by atoms with Crippen LogP contribution >= 0.6 is 0 Å². The molecule has 1 unspecified atom stereocenters. The molecule has 3 rings (SSSR count). The fraction of sp³-hybridized carbons (Fsp3) is 0.500. The molecule has 2 aromatic rings. The van der Waals surface area contributed by atoms with Gasteiger partial charge in [-0.15, -0.1) is 0 Å². The van der Waals surface area contributed by atoms with Gasteiger partial charge < -0.3 is 15.4 Å². The zero-order valence-corrected chi connectivity index (χ0v) is 18.0. The third-order valence-electron chi connectivity index (χ3n) is 5.81. The molecule has 0 spiro atoms. The summed E-state index contributed by atoms with van der Waals surface area (Å²) in [6, 6.07) is 13.8. The van der Waals surface area contributed by atoms with Gasteiger partial charge in [-0.25, -0.2) is 0 Å². The highest BCUT2D eigenvalue weighted by Crippen LogP contribution is 2.22. The van der Waals surface area contributed by atoms with Crippen LogP contribution in [0.5, 0.6) is 0 Å². The Balaban J connectivity index is 1.44. The monoisotopic (exact) mass is 411 g/mol. The van der Waals surface area contributed by atoms with E-state index in [1.54, 1.807) is 0 Å². The molecular formula is C24H33N3O3. The molecular weight excluding hydrogens is 378 g/mol. The second-order valence-corrected chi connectivity index (χ2v) is 7.88. The Labute approximate surface area is 179 Å². The minimum atomic E-state index is -0.230. The molecule has 2 N–H and O–H groups in total. The first kappa shape index (κ1) is 22.2. The minimum Gasteiger partial charge on any atom is -0.382 e. The Morgan fingerprint density at radius 1 is 1.13 bits per heavy atom. The lowest BCUT2D eigenvalue weighted by atomic mass is 9.95. The molecule has 1 aliphatic heterocycles. The summed E-state index contributed by atoms with van der Waals surface area (Å²) in [4.78, 5) is 27.2. The van der Waals surface area contributed by atoms with E-state index in [1.165, 1.54) is 0 Å². The van der Waals surface area contributed by atoms with Gasteiger partial charge >= 0.3 is 0 Å². The van der Waals surface area contributed by atoms with Gasteiger partial charge in [-0.2, -0.15) is 0 Å². The van der Waals surface area contributed by atoms with E-state index in [4.69, 9.17) is 4.74 Å². The molecule has 0 saturated carbocycles. The van der Waals surface area contributed by atoms with Crippen molar-refractivity contribution in [2.45, 2.75) is 39.2 Å². The number of likely N-dealkylation sites (tertiary alicyclic amines) is 1. The zero-order valence-electron chi connectivity index (χ0n) is 18.0. The van der Waals surface area contributed by atoms with E-state index in [2.05, 4.69) is 21.6 Å². The molecule has 0 aliphatic carbocycles. The number of carbonyl (C=O) groups excluding carboxylic acids is 2. The molecule has 1 aliphatic rings. The van der Waals surface area contributed by atoms with E-state index in [-0.39, 0.29) is 23.8 Å². The number of rotatable bonds is 9. The number of ether oxygens (including phenoxy) is 1. The summed E-state index contributed by atoms with van der Waals surface area (Å²) in [6.07, 6.45) is 2.40. The fourth-order valence-electron chi connectivity index (χ4n) is 3.90. The van der Waals surface area contributed by atoms with E-state index in [1.807, 2.05) is 50.2 Å². The third-order valence-corrected chi connectivity index (χ3v) is 5.81. The average molecular weight is 412 g/mol. The Morgan fingerprint density at radius 2 is 1.87 bits per heavy atom. The van der Waals surface area contributed by atoms with Crippen LogP contribution in [0.15, 0.2) is 42.5 Å². The lowest BCUT2D eigenvalue weighted by Gasteiger charge is -2.34. The lowest BCUT2D eigenvalue weighted by Crippen LogP contribution is -2.48. The third kappa shape index (κ3) is 6.03. The lowest BCUT2D eigenvalue weighted by molar-refractivity contribution is -0.127. The average Bonchev–Trinajstić information content (AvgIpc) is 2.78. The highest BCUT2D eigenvalue weighted by Gasteiger charge is 2.29. The van der Waals surface area contributed by atoms with Gasteiger partial charge in [0, 0.05) is 31.4 Å². The van der Waals surface area contributed by atoms with Crippen molar-refractivity contribution < 1.29 is 14.3 Å². The Kier molecular flexibility index (Phi) is 8.22. The maximum Gasteiger partial charge on any atom is 0.241 e. The maximum absolute atomic E-state index is 12.7. The van der Waals surface area contributed by atoms with Gasteiger partial charge in [0.2, 0.25) is 11.8 Å². The molecule has 6 nitrogen and oxygen atoms in total. The maximum atomic E-state index is 12.7. The van der Waals surface area contributed by atoms with E-state index < -0.39 is 0 Å². The van der Waals surface area contributed by atoms with Gasteiger partial charge in [0.15, 0.2) is 0 Å². The van der Waals surface area contributed by atoms with Crippen molar-refractivity contribution in [1.29, 1.82) is 0 Å². The molecule has 1 fully saturated rings. The number of amides is 2. The summed E-state index contributed by atoms with van der Waals surface area (Å²) >= 11 is 0. The Morgan fingerprint density at radius 3 is 2.60 bits per heavy atom. The number of nitrogens with zero attached hydrogens (tertiary/aromatic N) is 1. The minimum absolute atomic E-state index is 0.0101. The summed E-state index contributed by atoms with van der Waals surface area (Å²) in [5.74, 6) is 0.146. The van der Waals surface area contributed by atoms with Crippen molar-refractivity contribution >= 4 is 28.3 Å². The number of hydrogen-bond acceptors (Lipinski definition) is 4. The number of carbonyl (C=O) groups is 2. The number of benzene rings is 2. The van der Waals surface area contributed by atoms with Crippen molar-refractivity contribution in [2.24, 2.45) is 5.92 Å². The zero-order chi connectivity index (χ0) is 21.3. The van der Waals surface area contributed by atoms with Gasteiger partial charge in [0.25, 0.3) is 0 Å².